The summed E-state index contributed by atoms with van der Waals surface area (Å²) >= 11 is 2.30. The molecule has 23 heavy (non-hydrogen) atoms. The maximum atomic E-state index is 11.9. The topological polar surface area (TPSA) is 125 Å². The highest BCUT2D eigenvalue weighted by Crippen LogP contribution is 2.22. The van der Waals surface area contributed by atoms with Crippen LogP contribution in [-0.2, 0) is 21.4 Å². The fourth-order valence-corrected chi connectivity index (χ4v) is 3.83. The standard InChI is InChI=1S/C12H9N3O5S3/c13-23(17,18)10-4-7(6-22-10)12(16)19-5-9-14-11(15-20-9)8-2-1-3-21-8/h1-4,6H,5H2,(H2,13,17,18). The van der Waals surface area contributed by atoms with E-state index in [4.69, 9.17) is 14.4 Å². The second-order valence-electron chi connectivity index (χ2n) is 4.26. The van der Waals surface area contributed by atoms with Crippen molar-refractivity contribution in [2.75, 3.05) is 0 Å². The lowest BCUT2D eigenvalue weighted by Crippen LogP contribution is -2.10. The molecule has 0 radical (unpaired) electrons. The highest BCUT2D eigenvalue weighted by Gasteiger charge is 2.17. The summed E-state index contributed by atoms with van der Waals surface area (Å²) in [5.74, 6) is -0.145. The van der Waals surface area contributed by atoms with Gasteiger partial charge in [0.1, 0.15) is 4.21 Å². The molecule has 0 aliphatic rings. The molecule has 0 fully saturated rings. The van der Waals surface area contributed by atoms with Crippen molar-refractivity contribution in [1.29, 1.82) is 0 Å². The Hall–Kier alpha value is -2.08. The van der Waals surface area contributed by atoms with Gasteiger partial charge in [0.05, 0.1) is 10.4 Å². The van der Waals surface area contributed by atoms with E-state index < -0.39 is 16.0 Å². The van der Waals surface area contributed by atoms with Gasteiger partial charge in [-0.15, -0.1) is 22.7 Å². The van der Waals surface area contributed by atoms with E-state index in [0.717, 1.165) is 22.3 Å². The molecule has 0 spiro atoms. The van der Waals surface area contributed by atoms with E-state index in [-0.39, 0.29) is 22.3 Å². The van der Waals surface area contributed by atoms with Crippen molar-refractivity contribution in [3.63, 3.8) is 0 Å². The largest absolute Gasteiger partial charge is 0.452 e. The molecule has 0 saturated carbocycles. The fourth-order valence-electron chi connectivity index (χ4n) is 1.60. The third-order valence-electron chi connectivity index (χ3n) is 2.63. The Morgan fingerprint density at radius 1 is 1.39 bits per heavy atom. The number of rotatable bonds is 5. The maximum absolute atomic E-state index is 11.9. The minimum Gasteiger partial charge on any atom is -0.452 e. The van der Waals surface area contributed by atoms with Crippen molar-refractivity contribution in [1.82, 2.24) is 10.1 Å². The molecule has 0 aliphatic heterocycles. The molecule has 0 aromatic carbocycles. The monoisotopic (exact) mass is 371 g/mol. The number of nitrogens with two attached hydrogens (primary N) is 1. The third kappa shape index (κ3) is 3.64. The Morgan fingerprint density at radius 2 is 2.22 bits per heavy atom. The first-order chi connectivity index (χ1) is 10.9. The smallest absolute Gasteiger partial charge is 0.339 e. The summed E-state index contributed by atoms with van der Waals surface area (Å²) in [6, 6.07) is 4.86. The molecular weight excluding hydrogens is 362 g/mol. The lowest BCUT2D eigenvalue weighted by molar-refractivity contribution is 0.0430. The summed E-state index contributed by atoms with van der Waals surface area (Å²) in [5, 5.41) is 12.0. The van der Waals surface area contributed by atoms with Crippen molar-refractivity contribution in [2.45, 2.75) is 10.8 Å². The molecule has 0 bridgehead atoms. The van der Waals surface area contributed by atoms with Gasteiger partial charge in [-0.2, -0.15) is 4.98 Å². The van der Waals surface area contributed by atoms with Gasteiger partial charge in [-0.25, -0.2) is 18.4 Å². The van der Waals surface area contributed by atoms with Gasteiger partial charge in [-0.3, -0.25) is 0 Å². The molecule has 0 atom stereocenters. The Morgan fingerprint density at radius 3 is 2.87 bits per heavy atom. The first-order valence-electron chi connectivity index (χ1n) is 6.08. The first-order valence-corrected chi connectivity index (χ1v) is 9.39. The van der Waals surface area contributed by atoms with E-state index in [1.807, 2.05) is 17.5 Å². The molecule has 8 nitrogen and oxygen atoms in total. The molecule has 3 aromatic heterocycles. The van der Waals surface area contributed by atoms with Crippen LogP contribution in [0.25, 0.3) is 10.7 Å². The van der Waals surface area contributed by atoms with Crippen LogP contribution in [0.2, 0.25) is 0 Å². The zero-order valence-corrected chi connectivity index (χ0v) is 13.8. The summed E-state index contributed by atoms with van der Waals surface area (Å²) in [7, 11) is -3.83. The van der Waals surface area contributed by atoms with Crippen molar-refractivity contribution < 1.29 is 22.5 Å². The van der Waals surface area contributed by atoms with Crippen LogP contribution in [0.1, 0.15) is 16.2 Å². The predicted octanol–water partition coefficient (Wildman–Crippen LogP) is 1.86. The van der Waals surface area contributed by atoms with Crippen LogP contribution >= 0.6 is 22.7 Å². The number of thiophene rings is 2. The summed E-state index contributed by atoms with van der Waals surface area (Å²) in [6.07, 6.45) is 0. The van der Waals surface area contributed by atoms with E-state index in [2.05, 4.69) is 10.1 Å². The van der Waals surface area contributed by atoms with Crippen LogP contribution < -0.4 is 5.14 Å². The van der Waals surface area contributed by atoms with E-state index in [9.17, 15) is 13.2 Å². The van der Waals surface area contributed by atoms with Gasteiger partial charge in [0.2, 0.25) is 15.8 Å². The number of carbonyl (C=O) groups is 1. The second kappa shape index (κ2) is 6.20. The van der Waals surface area contributed by atoms with Gasteiger partial charge in [-0.1, -0.05) is 11.2 Å². The summed E-state index contributed by atoms with van der Waals surface area (Å²) in [4.78, 5) is 16.8. The van der Waals surface area contributed by atoms with Crippen LogP contribution in [0.5, 0.6) is 0 Å². The Kier molecular flexibility index (Phi) is 4.26. The summed E-state index contributed by atoms with van der Waals surface area (Å²) in [5.41, 5.74) is 0.0945. The number of primary sulfonamides is 1. The van der Waals surface area contributed by atoms with Crippen molar-refractivity contribution >= 4 is 38.7 Å². The molecule has 3 aromatic rings. The zero-order valence-electron chi connectivity index (χ0n) is 11.3. The average molecular weight is 371 g/mol. The van der Waals surface area contributed by atoms with E-state index in [1.54, 1.807) is 0 Å². The molecule has 11 heteroatoms. The molecule has 3 rings (SSSR count). The van der Waals surface area contributed by atoms with Crippen LogP contribution in [0.4, 0.5) is 0 Å². The number of esters is 1. The summed E-state index contributed by atoms with van der Waals surface area (Å²) < 4.78 is 32.2. The highest BCUT2D eigenvalue weighted by atomic mass is 32.2. The number of sulfonamides is 1. The Bertz CT molecular complexity index is 927. The lowest BCUT2D eigenvalue weighted by Gasteiger charge is -1.98. The molecule has 3 heterocycles. The van der Waals surface area contributed by atoms with Gasteiger partial charge in [-0.05, 0) is 17.5 Å². The molecule has 0 amide bonds. The number of hydrogen-bond donors (Lipinski definition) is 1. The van der Waals surface area contributed by atoms with Crippen LogP contribution in [0.15, 0.2) is 37.7 Å². The Labute approximate surface area is 138 Å². The SMILES string of the molecule is NS(=O)(=O)c1cc(C(=O)OCc2nc(-c3cccs3)no2)cs1. The van der Waals surface area contributed by atoms with Gasteiger partial charge in [0.25, 0.3) is 5.89 Å². The van der Waals surface area contributed by atoms with Crippen LogP contribution in [0, 0.1) is 0 Å². The first kappa shape index (κ1) is 15.8. The molecule has 0 unspecified atom stereocenters. The molecular formula is C12H9N3O5S3. The van der Waals surface area contributed by atoms with Crippen molar-refractivity contribution in [3.05, 3.63) is 40.4 Å². The van der Waals surface area contributed by atoms with Crippen LogP contribution in [-0.4, -0.2) is 24.5 Å². The number of ether oxygens (including phenoxy) is 1. The Balaban J connectivity index is 1.64. The van der Waals surface area contributed by atoms with Gasteiger partial charge in [0.15, 0.2) is 6.61 Å². The molecule has 0 aliphatic carbocycles. The predicted molar refractivity (Wildman–Crippen MR) is 82.4 cm³/mol. The van der Waals surface area contributed by atoms with E-state index in [0.29, 0.717) is 5.82 Å². The van der Waals surface area contributed by atoms with Crippen LogP contribution in [0.3, 0.4) is 0 Å². The van der Waals surface area contributed by atoms with Gasteiger partial charge >= 0.3 is 5.97 Å². The summed E-state index contributed by atoms with van der Waals surface area (Å²) in [6.45, 7) is -0.211. The number of hydrogen-bond acceptors (Lipinski definition) is 9. The quantitative estimate of drug-likeness (QED) is 0.678. The highest BCUT2D eigenvalue weighted by molar-refractivity contribution is 7.91. The lowest BCUT2D eigenvalue weighted by atomic mass is 10.3. The number of carbonyl (C=O) groups excluding carboxylic acids is 1. The number of nitrogens with zero attached hydrogens (tertiary/aromatic N) is 2. The van der Waals surface area contributed by atoms with Gasteiger partial charge in [0, 0.05) is 5.38 Å². The zero-order chi connectivity index (χ0) is 16.4. The fraction of sp³-hybridized carbons (Fsp3) is 0.0833. The minimum atomic E-state index is -3.83. The molecule has 2 N–H and O–H groups in total. The molecule has 0 saturated heterocycles. The third-order valence-corrected chi connectivity index (χ3v) is 5.88. The van der Waals surface area contributed by atoms with Crippen molar-refractivity contribution in [3.8, 4) is 10.7 Å². The van der Waals surface area contributed by atoms with E-state index in [1.165, 1.54) is 16.7 Å². The van der Waals surface area contributed by atoms with E-state index >= 15 is 0 Å². The molecule has 120 valence electrons. The van der Waals surface area contributed by atoms with Gasteiger partial charge < -0.3 is 9.26 Å². The number of aromatic nitrogens is 2. The second-order valence-corrected chi connectivity index (χ2v) is 7.91. The minimum absolute atomic E-state index is 0.0945. The average Bonchev–Trinajstić information content (AvgIpc) is 3.22. The normalized spacial score (nSPS) is 11.5. The van der Waals surface area contributed by atoms with Crippen molar-refractivity contribution in [2.24, 2.45) is 5.14 Å². The maximum Gasteiger partial charge on any atom is 0.339 e.